The maximum absolute atomic E-state index is 11.9. The predicted octanol–water partition coefficient (Wildman–Crippen LogP) is 1.09. The maximum Gasteiger partial charge on any atom is 0.212 e. The van der Waals surface area contributed by atoms with Crippen LogP contribution in [-0.2, 0) is 10.0 Å². The number of piperidine rings is 1. The molecule has 1 fully saturated rings. The first-order chi connectivity index (χ1) is 7.57. The van der Waals surface area contributed by atoms with E-state index in [-0.39, 0.29) is 6.04 Å². The largest absolute Gasteiger partial charge is 0.317 e. The second kappa shape index (κ2) is 6.57. The molecule has 0 aromatic rings. The van der Waals surface area contributed by atoms with Gasteiger partial charge in [-0.05, 0) is 44.7 Å². The molecule has 5 heteroatoms. The predicted molar refractivity (Wildman–Crippen MR) is 66.9 cm³/mol. The standard InChI is InChI=1S/C11H24N2O2S/c1-3-11(4-2)13-16(14,15)9-10-5-7-12-8-6-10/h10-13H,3-9H2,1-2H3. The lowest BCUT2D eigenvalue weighted by Crippen LogP contribution is -2.39. The molecule has 4 nitrogen and oxygen atoms in total. The van der Waals surface area contributed by atoms with Gasteiger partial charge in [0.15, 0.2) is 0 Å². The van der Waals surface area contributed by atoms with Gasteiger partial charge in [-0.15, -0.1) is 0 Å². The van der Waals surface area contributed by atoms with Crippen LogP contribution in [0.2, 0.25) is 0 Å². The van der Waals surface area contributed by atoms with Crippen LogP contribution >= 0.6 is 0 Å². The van der Waals surface area contributed by atoms with Gasteiger partial charge in [0, 0.05) is 6.04 Å². The Kier molecular flexibility index (Phi) is 5.72. The molecule has 1 rings (SSSR count). The van der Waals surface area contributed by atoms with E-state index in [4.69, 9.17) is 0 Å². The van der Waals surface area contributed by atoms with E-state index in [2.05, 4.69) is 10.0 Å². The summed E-state index contributed by atoms with van der Waals surface area (Å²) in [7, 11) is -3.08. The van der Waals surface area contributed by atoms with E-state index in [1.165, 1.54) is 0 Å². The highest BCUT2D eigenvalue weighted by Gasteiger charge is 2.22. The van der Waals surface area contributed by atoms with Crippen molar-refractivity contribution in [1.82, 2.24) is 10.0 Å². The Morgan fingerprint density at radius 2 is 1.81 bits per heavy atom. The van der Waals surface area contributed by atoms with Crippen molar-refractivity contribution >= 4 is 10.0 Å². The first kappa shape index (κ1) is 13.9. The average Bonchev–Trinajstić information content (AvgIpc) is 2.26. The van der Waals surface area contributed by atoms with Gasteiger partial charge in [0.2, 0.25) is 10.0 Å². The van der Waals surface area contributed by atoms with E-state index >= 15 is 0 Å². The molecule has 1 heterocycles. The van der Waals surface area contributed by atoms with Crippen molar-refractivity contribution < 1.29 is 8.42 Å². The van der Waals surface area contributed by atoms with Crippen LogP contribution in [-0.4, -0.2) is 33.3 Å². The fraction of sp³-hybridized carbons (Fsp3) is 1.00. The Bertz CT molecular complexity index is 280. The molecule has 1 aliphatic heterocycles. The smallest absolute Gasteiger partial charge is 0.212 e. The Labute approximate surface area is 99.2 Å². The second-order valence-electron chi connectivity index (χ2n) is 4.61. The van der Waals surface area contributed by atoms with E-state index < -0.39 is 10.0 Å². The topological polar surface area (TPSA) is 58.2 Å². The van der Waals surface area contributed by atoms with Crippen LogP contribution in [0.25, 0.3) is 0 Å². The first-order valence-electron chi connectivity index (χ1n) is 6.28. The van der Waals surface area contributed by atoms with Crippen LogP contribution in [0.3, 0.4) is 0 Å². The van der Waals surface area contributed by atoms with E-state index in [9.17, 15) is 8.42 Å². The van der Waals surface area contributed by atoms with E-state index in [0.29, 0.717) is 11.7 Å². The number of hydrogen-bond acceptors (Lipinski definition) is 3. The molecule has 96 valence electrons. The van der Waals surface area contributed by atoms with Gasteiger partial charge >= 0.3 is 0 Å². The highest BCUT2D eigenvalue weighted by molar-refractivity contribution is 7.89. The monoisotopic (exact) mass is 248 g/mol. The normalized spacial score (nSPS) is 19.2. The van der Waals surface area contributed by atoms with Crippen molar-refractivity contribution in [3.05, 3.63) is 0 Å². The quantitative estimate of drug-likeness (QED) is 0.740. The summed E-state index contributed by atoms with van der Waals surface area (Å²) in [5, 5.41) is 3.25. The minimum atomic E-state index is -3.08. The average molecular weight is 248 g/mol. The zero-order valence-electron chi connectivity index (χ0n) is 10.3. The van der Waals surface area contributed by atoms with Crippen LogP contribution < -0.4 is 10.0 Å². The molecule has 0 atom stereocenters. The van der Waals surface area contributed by atoms with Crippen LogP contribution in [0.5, 0.6) is 0 Å². The molecule has 0 amide bonds. The molecule has 1 aliphatic rings. The number of sulfonamides is 1. The Balaban J connectivity index is 2.43. The van der Waals surface area contributed by atoms with Crippen molar-refractivity contribution in [1.29, 1.82) is 0 Å². The second-order valence-corrected chi connectivity index (χ2v) is 6.40. The molecule has 16 heavy (non-hydrogen) atoms. The van der Waals surface area contributed by atoms with E-state index in [1.54, 1.807) is 0 Å². The van der Waals surface area contributed by atoms with Gasteiger partial charge in [0.05, 0.1) is 5.75 Å². The van der Waals surface area contributed by atoms with Crippen molar-refractivity contribution in [2.24, 2.45) is 5.92 Å². The van der Waals surface area contributed by atoms with E-state index in [0.717, 1.165) is 38.8 Å². The summed E-state index contributed by atoms with van der Waals surface area (Å²) < 4.78 is 26.6. The van der Waals surface area contributed by atoms with Crippen molar-refractivity contribution in [3.8, 4) is 0 Å². The summed E-state index contributed by atoms with van der Waals surface area (Å²) in [5.41, 5.74) is 0. The number of hydrogen-bond donors (Lipinski definition) is 2. The minimum absolute atomic E-state index is 0.103. The third-order valence-corrected chi connectivity index (χ3v) is 4.85. The highest BCUT2D eigenvalue weighted by Crippen LogP contribution is 2.14. The zero-order valence-corrected chi connectivity index (χ0v) is 11.1. The van der Waals surface area contributed by atoms with Crippen molar-refractivity contribution in [2.75, 3.05) is 18.8 Å². The summed E-state index contributed by atoms with van der Waals surface area (Å²) in [6.45, 7) is 5.93. The first-order valence-corrected chi connectivity index (χ1v) is 7.93. The third-order valence-electron chi connectivity index (χ3n) is 3.25. The number of nitrogens with one attached hydrogen (secondary N) is 2. The van der Waals surface area contributed by atoms with Gasteiger partial charge in [-0.2, -0.15) is 0 Å². The summed E-state index contributed by atoms with van der Waals surface area (Å²) in [4.78, 5) is 0. The van der Waals surface area contributed by atoms with Gasteiger partial charge in [0.25, 0.3) is 0 Å². The van der Waals surface area contributed by atoms with E-state index in [1.807, 2.05) is 13.8 Å². The van der Waals surface area contributed by atoms with Gasteiger partial charge in [-0.1, -0.05) is 13.8 Å². The maximum atomic E-state index is 11.9. The molecule has 0 unspecified atom stereocenters. The molecule has 0 saturated carbocycles. The Morgan fingerprint density at radius 1 is 1.25 bits per heavy atom. The third kappa shape index (κ3) is 4.80. The summed E-state index contributed by atoms with van der Waals surface area (Å²) in [6.07, 6.45) is 3.68. The molecule has 1 saturated heterocycles. The summed E-state index contributed by atoms with van der Waals surface area (Å²) >= 11 is 0. The molecule has 0 aromatic carbocycles. The SMILES string of the molecule is CCC(CC)NS(=O)(=O)CC1CCNCC1. The van der Waals surface area contributed by atoms with Gasteiger partial charge in [-0.25, -0.2) is 13.1 Å². The van der Waals surface area contributed by atoms with Crippen LogP contribution in [0.1, 0.15) is 39.5 Å². The molecule has 0 spiro atoms. The molecule has 0 aromatic heterocycles. The van der Waals surface area contributed by atoms with Gasteiger partial charge in [0.1, 0.15) is 0 Å². The van der Waals surface area contributed by atoms with Crippen LogP contribution in [0, 0.1) is 5.92 Å². The van der Waals surface area contributed by atoms with Gasteiger partial charge < -0.3 is 5.32 Å². The van der Waals surface area contributed by atoms with Crippen molar-refractivity contribution in [3.63, 3.8) is 0 Å². The lowest BCUT2D eigenvalue weighted by Gasteiger charge is -2.23. The Hall–Kier alpha value is -0.130. The molecule has 0 bridgehead atoms. The molecular formula is C11H24N2O2S. The highest BCUT2D eigenvalue weighted by atomic mass is 32.2. The molecular weight excluding hydrogens is 224 g/mol. The fourth-order valence-corrected chi connectivity index (χ4v) is 4.01. The molecule has 0 radical (unpaired) electrons. The molecule has 0 aliphatic carbocycles. The van der Waals surface area contributed by atoms with Crippen molar-refractivity contribution in [2.45, 2.75) is 45.6 Å². The lowest BCUT2D eigenvalue weighted by molar-refractivity contribution is 0.398. The summed E-state index contributed by atoms with van der Waals surface area (Å²) in [6, 6.07) is 0.103. The van der Waals surface area contributed by atoms with Gasteiger partial charge in [-0.3, -0.25) is 0 Å². The lowest BCUT2D eigenvalue weighted by atomic mass is 10.0. The number of rotatable bonds is 6. The molecule has 2 N–H and O–H groups in total. The zero-order chi connectivity index (χ0) is 12.0. The summed E-state index contributed by atoms with van der Waals surface area (Å²) in [5.74, 6) is 0.624. The fourth-order valence-electron chi connectivity index (χ4n) is 2.12. The van der Waals surface area contributed by atoms with Crippen LogP contribution in [0.4, 0.5) is 0 Å². The minimum Gasteiger partial charge on any atom is -0.317 e. The van der Waals surface area contributed by atoms with Crippen LogP contribution in [0.15, 0.2) is 0 Å². The Morgan fingerprint density at radius 3 is 2.31 bits per heavy atom.